The van der Waals surface area contributed by atoms with Gasteiger partial charge < -0.3 is 4.74 Å². The number of Topliss-reactive ketones (excluding diaryl/α,β-unsaturated/α-hetero) is 1. The molecule has 0 spiro atoms. The number of hydrogen-bond acceptors (Lipinski definition) is 3. The van der Waals surface area contributed by atoms with Gasteiger partial charge in [-0.2, -0.15) is 0 Å². The van der Waals surface area contributed by atoms with Gasteiger partial charge in [-0.15, -0.1) is 0 Å². The third-order valence-electron chi connectivity index (χ3n) is 2.18. The molecule has 1 aromatic rings. The highest BCUT2D eigenvalue weighted by molar-refractivity contribution is 7.85. The molecule has 0 N–H and O–H groups in total. The van der Waals surface area contributed by atoms with Crippen LogP contribution < -0.4 is 0 Å². The number of benzene rings is 1. The Labute approximate surface area is 102 Å². The van der Waals surface area contributed by atoms with Crippen molar-refractivity contribution in [1.29, 1.82) is 0 Å². The Morgan fingerprint density at radius 3 is 2.76 bits per heavy atom. The molecular formula is C12H15FO3S. The Balaban J connectivity index is 2.45. The van der Waals surface area contributed by atoms with E-state index in [9.17, 15) is 13.4 Å². The molecule has 0 radical (unpaired) electrons. The van der Waals surface area contributed by atoms with Crippen LogP contribution >= 0.6 is 0 Å². The molecule has 0 aliphatic rings. The first-order valence-corrected chi connectivity index (χ1v) is 6.71. The molecule has 0 fully saturated rings. The van der Waals surface area contributed by atoms with Crippen molar-refractivity contribution in [2.75, 3.05) is 25.2 Å². The van der Waals surface area contributed by atoms with Crippen molar-refractivity contribution in [2.24, 2.45) is 0 Å². The molecule has 1 rings (SSSR count). The van der Waals surface area contributed by atoms with E-state index in [0.29, 0.717) is 17.9 Å². The first-order chi connectivity index (χ1) is 8.13. The molecule has 0 amide bonds. The van der Waals surface area contributed by atoms with Gasteiger partial charge in [0.2, 0.25) is 0 Å². The molecule has 0 bridgehead atoms. The van der Waals surface area contributed by atoms with Gasteiger partial charge in [0.15, 0.2) is 0 Å². The zero-order chi connectivity index (χ0) is 12.7. The smallest absolute Gasteiger partial charge is 0.149 e. The molecule has 1 aromatic carbocycles. The third-order valence-corrected chi connectivity index (χ3v) is 3.45. The SMILES string of the molecule is COCCS(=O)CC(=O)Cc1ccccc1F. The summed E-state index contributed by atoms with van der Waals surface area (Å²) in [6.45, 7) is 0.361. The van der Waals surface area contributed by atoms with Crippen molar-refractivity contribution in [2.45, 2.75) is 6.42 Å². The van der Waals surface area contributed by atoms with Crippen molar-refractivity contribution in [3.63, 3.8) is 0 Å². The van der Waals surface area contributed by atoms with E-state index in [4.69, 9.17) is 4.74 Å². The number of rotatable bonds is 7. The van der Waals surface area contributed by atoms with E-state index >= 15 is 0 Å². The number of ether oxygens (including phenoxy) is 1. The second-order valence-electron chi connectivity index (χ2n) is 3.59. The number of ketones is 1. The molecule has 1 atom stereocenters. The summed E-state index contributed by atoms with van der Waals surface area (Å²) in [5.74, 6) is -0.329. The molecule has 94 valence electrons. The van der Waals surface area contributed by atoms with E-state index < -0.39 is 16.6 Å². The molecule has 1 unspecified atom stereocenters. The minimum atomic E-state index is -1.23. The zero-order valence-corrected chi connectivity index (χ0v) is 10.5. The van der Waals surface area contributed by atoms with Crippen LogP contribution in [0, 0.1) is 5.82 Å². The quantitative estimate of drug-likeness (QED) is 0.741. The van der Waals surface area contributed by atoms with Crippen molar-refractivity contribution in [1.82, 2.24) is 0 Å². The van der Waals surface area contributed by atoms with Gasteiger partial charge in [0.25, 0.3) is 0 Å². The van der Waals surface area contributed by atoms with Crippen LogP contribution in [0.1, 0.15) is 5.56 Å². The summed E-state index contributed by atoms with van der Waals surface area (Å²) < 4.78 is 29.4. The number of carbonyl (C=O) groups is 1. The van der Waals surface area contributed by atoms with Gasteiger partial charge >= 0.3 is 0 Å². The number of carbonyl (C=O) groups excluding carboxylic acids is 1. The van der Waals surface area contributed by atoms with Gasteiger partial charge in [-0.3, -0.25) is 9.00 Å². The van der Waals surface area contributed by atoms with Crippen LogP contribution in [0.3, 0.4) is 0 Å². The number of hydrogen-bond donors (Lipinski definition) is 0. The topological polar surface area (TPSA) is 43.4 Å². The van der Waals surface area contributed by atoms with Gasteiger partial charge in [0.05, 0.1) is 12.4 Å². The number of halogens is 1. The van der Waals surface area contributed by atoms with Crippen LogP contribution in [-0.4, -0.2) is 35.2 Å². The highest BCUT2D eigenvalue weighted by atomic mass is 32.2. The monoisotopic (exact) mass is 258 g/mol. The van der Waals surface area contributed by atoms with E-state index in [-0.39, 0.29) is 18.0 Å². The Bertz CT molecular complexity index is 406. The Morgan fingerprint density at radius 1 is 1.41 bits per heavy atom. The van der Waals surface area contributed by atoms with Gasteiger partial charge in [0.1, 0.15) is 11.6 Å². The molecule has 3 nitrogen and oxygen atoms in total. The summed E-state index contributed by atoms with van der Waals surface area (Å²) in [7, 11) is 0.285. The normalized spacial score (nSPS) is 12.4. The second-order valence-corrected chi connectivity index (χ2v) is 5.16. The maximum absolute atomic E-state index is 13.2. The average Bonchev–Trinajstić information content (AvgIpc) is 2.29. The van der Waals surface area contributed by atoms with Crippen molar-refractivity contribution in [3.8, 4) is 0 Å². The van der Waals surface area contributed by atoms with E-state index in [2.05, 4.69) is 0 Å². The fourth-order valence-corrected chi connectivity index (χ4v) is 2.29. The van der Waals surface area contributed by atoms with Crippen molar-refractivity contribution >= 4 is 16.6 Å². The van der Waals surface area contributed by atoms with Crippen molar-refractivity contribution in [3.05, 3.63) is 35.6 Å². The Hall–Kier alpha value is -1.07. The highest BCUT2D eigenvalue weighted by Gasteiger charge is 2.11. The molecule has 0 aliphatic heterocycles. The number of methoxy groups -OCH3 is 1. The van der Waals surface area contributed by atoms with E-state index in [1.165, 1.54) is 13.2 Å². The first-order valence-electron chi connectivity index (χ1n) is 5.22. The lowest BCUT2D eigenvalue weighted by molar-refractivity contribution is -0.116. The van der Waals surface area contributed by atoms with Gasteiger partial charge in [-0.05, 0) is 11.6 Å². The Morgan fingerprint density at radius 2 is 2.12 bits per heavy atom. The molecule has 5 heteroatoms. The van der Waals surface area contributed by atoms with Gasteiger partial charge in [-0.25, -0.2) is 4.39 Å². The van der Waals surface area contributed by atoms with Crippen LogP contribution in [0.25, 0.3) is 0 Å². The molecular weight excluding hydrogens is 243 g/mol. The maximum atomic E-state index is 13.2. The third kappa shape index (κ3) is 5.19. The molecule has 0 saturated carbocycles. The fourth-order valence-electron chi connectivity index (χ4n) is 1.33. The maximum Gasteiger partial charge on any atom is 0.149 e. The van der Waals surface area contributed by atoms with Crippen LogP contribution in [0.4, 0.5) is 4.39 Å². The van der Waals surface area contributed by atoms with Gasteiger partial charge in [0, 0.05) is 30.1 Å². The summed E-state index contributed by atoms with van der Waals surface area (Å²) in [4.78, 5) is 11.5. The Kier molecular flexibility index (Phi) is 6.00. The minimum absolute atomic E-state index is 0.00854. The first kappa shape index (κ1) is 14.0. The summed E-state index contributed by atoms with van der Waals surface area (Å²) in [6.07, 6.45) is -0.00854. The lowest BCUT2D eigenvalue weighted by Gasteiger charge is -2.03. The standard InChI is InChI=1S/C12H15FO3S/c1-16-6-7-17(15)9-11(14)8-10-4-2-3-5-12(10)13/h2-5H,6-9H2,1H3. The highest BCUT2D eigenvalue weighted by Crippen LogP contribution is 2.07. The lowest BCUT2D eigenvalue weighted by Crippen LogP contribution is -2.17. The van der Waals surface area contributed by atoms with E-state index in [1.807, 2.05) is 0 Å². The van der Waals surface area contributed by atoms with Crippen LogP contribution in [-0.2, 0) is 26.8 Å². The minimum Gasteiger partial charge on any atom is -0.384 e. The predicted molar refractivity (Wildman–Crippen MR) is 64.9 cm³/mol. The van der Waals surface area contributed by atoms with Crippen LogP contribution in [0.15, 0.2) is 24.3 Å². The fraction of sp³-hybridized carbons (Fsp3) is 0.417. The summed E-state index contributed by atoms with van der Waals surface area (Å²) in [5, 5.41) is 0. The second kappa shape index (κ2) is 7.29. The average molecular weight is 258 g/mol. The molecule has 0 heterocycles. The van der Waals surface area contributed by atoms with E-state index in [1.54, 1.807) is 18.2 Å². The zero-order valence-electron chi connectivity index (χ0n) is 9.65. The van der Waals surface area contributed by atoms with E-state index in [0.717, 1.165) is 0 Å². The summed E-state index contributed by atoms with van der Waals surface area (Å²) in [6, 6.07) is 6.11. The molecule has 0 aliphatic carbocycles. The summed E-state index contributed by atoms with van der Waals surface area (Å²) >= 11 is 0. The molecule has 0 aromatic heterocycles. The van der Waals surface area contributed by atoms with Crippen LogP contribution in [0.2, 0.25) is 0 Å². The molecule has 0 saturated heterocycles. The van der Waals surface area contributed by atoms with Crippen molar-refractivity contribution < 1.29 is 18.1 Å². The van der Waals surface area contributed by atoms with Crippen LogP contribution in [0.5, 0.6) is 0 Å². The lowest BCUT2D eigenvalue weighted by atomic mass is 10.1. The largest absolute Gasteiger partial charge is 0.384 e. The predicted octanol–water partition coefficient (Wildman–Crippen LogP) is 1.33. The summed E-state index contributed by atoms with van der Waals surface area (Å²) in [5.41, 5.74) is 0.348. The van der Waals surface area contributed by atoms with Gasteiger partial charge in [-0.1, -0.05) is 18.2 Å². The molecule has 17 heavy (non-hydrogen) atoms.